The molecule has 0 amide bonds. The topological polar surface area (TPSA) is 81.2 Å². The lowest BCUT2D eigenvalue weighted by Crippen LogP contribution is -2.30. The van der Waals surface area contributed by atoms with Gasteiger partial charge in [-0.05, 0) is 24.6 Å². The smallest absolute Gasteiger partial charge is 0.262 e. The summed E-state index contributed by atoms with van der Waals surface area (Å²) in [6.07, 6.45) is 3.09. The van der Waals surface area contributed by atoms with Crippen LogP contribution >= 0.6 is 0 Å². The molecule has 0 fully saturated rings. The van der Waals surface area contributed by atoms with Gasteiger partial charge in [0.05, 0.1) is 6.33 Å². The van der Waals surface area contributed by atoms with Crippen LogP contribution in [0.25, 0.3) is 0 Å². The number of hydrogen-bond donors (Lipinski definition) is 1. The summed E-state index contributed by atoms with van der Waals surface area (Å²) < 4.78 is 28.3. The molecule has 7 heteroatoms. The number of anilines is 1. The van der Waals surface area contributed by atoms with Crippen LogP contribution in [0.2, 0.25) is 0 Å². The van der Waals surface area contributed by atoms with Crippen LogP contribution in [-0.2, 0) is 23.1 Å². The van der Waals surface area contributed by atoms with Gasteiger partial charge in [-0.3, -0.25) is 0 Å². The SMILES string of the molecule is CCN(Cc1ccc(N)cc1)S(=O)(=O)c1cn(CC)cn1. The van der Waals surface area contributed by atoms with Crippen molar-refractivity contribution in [2.24, 2.45) is 0 Å². The monoisotopic (exact) mass is 308 g/mol. The Morgan fingerprint density at radius 2 is 1.90 bits per heavy atom. The Kier molecular flexibility index (Phi) is 4.64. The molecule has 0 radical (unpaired) electrons. The van der Waals surface area contributed by atoms with E-state index in [4.69, 9.17) is 5.73 Å². The molecular formula is C14H20N4O2S. The van der Waals surface area contributed by atoms with E-state index < -0.39 is 10.0 Å². The number of imidazole rings is 1. The maximum Gasteiger partial charge on any atom is 0.262 e. The first-order chi connectivity index (χ1) is 9.97. The molecule has 0 unspecified atom stereocenters. The third kappa shape index (κ3) is 3.43. The molecule has 1 heterocycles. The first-order valence-corrected chi connectivity index (χ1v) is 8.27. The number of aromatic nitrogens is 2. The molecule has 2 aromatic rings. The summed E-state index contributed by atoms with van der Waals surface area (Å²) in [6.45, 7) is 5.12. The zero-order chi connectivity index (χ0) is 15.5. The summed E-state index contributed by atoms with van der Waals surface area (Å²) in [5.74, 6) is 0. The predicted octanol–water partition coefficient (Wildman–Crippen LogP) is 1.70. The second kappa shape index (κ2) is 6.28. The summed E-state index contributed by atoms with van der Waals surface area (Å²) >= 11 is 0. The number of aryl methyl sites for hydroxylation is 1. The van der Waals surface area contributed by atoms with Gasteiger partial charge in [0.2, 0.25) is 0 Å². The molecule has 1 aromatic heterocycles. The van der Waals surface area contributed by atoms with Crippen LogP contribution in [0.15, 0.2) is 41.8 Å². The highest BCUT2D eigenvalue weighted by molar-refractivity contribution is 7.89. The molecular weight excluding hydrogens is 288 g/mol. The van der Waals surface area contributed by atoms with E-state index in [1.807, 2.05) is 26.0 Å². The summed E-state index contributed by atoms with van der Waals surface area (Å²) in [6, 6.07) is 7.19. The van der Waals surface area contributed by atoms with Gasteiger partial charge in [-0.1, -0.05) is 19.1 Å². The molecule has 114 valence electrons. The third-order valence-corrected chi connectivity index (χ3v) is 5.08. The minimum atomic E-state index is -3.58. The van der Waals surface area contributed by atoms with E-state index >= 15 is 0 Å². The molecule has 0 bridgehead atoms. The average molecular weight is 308 g/mol. The van der Waals surface area contributed by atoms with Crippen molar-refractivity contribution < 1.29 is 8.42 Å². The molecule has 0 saturated carbocycles. The van der Waals surface area contributed by atoms with Crippen molar-refractivity contribution in [2.75, 3.05) is 12.3 Å². The Hall–Kier alpha value is -1.86. The van der Waals surface area contributed by atoms with Gasteiger partial charge in [0.1, 0.15) is 0 Å². The van der Waals surface area contributed by atoms with Crippen LogP contribution in [0.5, 0.6) is 0 Å². The standard InChI is InChI=1S/C14H20N4O2S/c1-3-17-10-14(16-11-17)21(19,20)18(4-2)9-12-5-7-13(15)8-6-12/h5-8,10-11H,3-4,9,15H2,1-2H3. The van der Waals surface area contributed by atoms with Crippen LogP contribution in [-0.4, -0.2) is 28.8 Å². The van der Waals surface area contributed by atoms with E-state index in [2.05, 4.69) is 4.98 Å². The second-order valence-electron chi connectivity index (χ2n) is 4.72. The van der Waals surface area contributed by atoms with Crippen molar-refractivity contribution in [3.8, 4) is 0 Å². The Bertz CT molecular complexity index is 692. The fourth-order valence-corrected chi connectivity index (χ4v) is 3.34. The average Bonchev–Trinajstić information content (AvgIpc) is 2.96. The number of nitrogens with two attached hydrogens (primary N) is 1. The normalized spacial score (nSPS) is 12.0. The molecule has 2 rings (SSSR count). The lowest BCUT2D eigenvalue weighted by Gasteiger charge is -2.19. The second-order valence-corrected chi connectivity index (χ2v) is 6.60. The van der Waals surface area contributed by atoms with Crippen LogP contribution < -0.4 is 5.73 Å². The Labute approximate surface area is 125 Å². The van der Waals surface area contributed by atoms with Crippen molar-refractivity contribution in [1.82, 2.24) is 13.9 Å². The van der Waals surface area contributed by atoms with E-state index in [9.17, 15) is 8.42 Å². The zero-order valence-electron chi connectivity index (χ0n) is 12.2. The van der Waals surface area contributed by atoms with Crippen LogP contribution in [0.1, 0.15) is 19.4 Å². The Balaban J connectivity index is 2.24. The number of benzene rings is 1. The maximum atomic E-state index is 12.6. The molecule has 2 N–H and O–H groups in total. The molecule has 0 spiro atoms. The van der Waals surface area contributed by atoms with Gasteiger partial charge in [-0.2, -0.15) is 4.31 Å². The van der Waals surface area contributed by atoms with Crippen molar-refractivity contribution >= 4 is 15.7 Å². The van der Waals surface area contributed by atoms with E-state index in [0.29, 0.717) is 25.3 Å². The fourth-order valence-electron chi connectivity index (χ4n) is 1.97. The number of hydrogen-bond acceptors (Lipinski definition) is 4. The van der Waals surface area contributed by atoms with E-state index in [0.717, 1.165) is 5.56 Å². The maximum absolute atomic E-state index is 12.6. The fraction of sp³-hybridized carbons (Fsp3) is 0.357. The minimum Gasteiger partial charge on any atom is -0.399 e. The predicted molar refractivity (Wildman–Crippen MR) is 82.0 cm³/mol. The van der Waals surface area contributed by atoms with Crippen LogP contribution in [0.3, 0.4) is 0 Å². The lowest BCUT2D eigenvalue weighted by molar-refractivity contribution is 0.421. The zero-order valence-corrected chi connectivity index (χ0v) is 13.0. The molecule has 1 aromatic carbocycles. The van der Waals surface area contributed by atoms with Crippen molar-refractivity contribution in [2.45, 2.75) is 32.0 Å². The van der Waals surface area contributed by atoms with E-state index in [1.165, 1.54) is 10.6 Å². The molecule has 6 nitrogen and oxygen atoms in total. The quantitative estimate of drug-likeness (QED) is 0.824. The van der Waals surface area contributed by atoms with Crippen molar-refractivity contribution in [3.63, 3.8) is 0 Å². The molecule has 0 saturated heterocycles. The highest BCUT2D eigenvalue weighted by Gasteiger charge is 2.25. The molecule has 0 aliphatic rings. The summed E-state index contributed by atoms with van der Waals surface area (Å²) in [7, 11) is -3.58. The van der Waals surface area contributed by atoms with E-state index in [-0.39, 0.29) is 5.03 Å². The van der Waals surface area contributed by atoms with Gasteiger partial charge in [0, 0.05) is 31.5 Å². The highest BCUT2D eigenvalue weighted by atomic mass is 32.2. The number of nitrogens with zero attached hydrogens (tertiary/aromatic N) is 3. The summed E-state index contributed by atoms with van der Waals surface area (Å²) in [5.41, 5.74) is 7.19. The molecule has 0 atom stereocenters. The molecule has 0 aliphatic heterocycles. The first-order valence-electron chi connectivity index (χ1n) is 6.83. The third-order valence-electron chi connectivity index (χ3n) is 3.27. The Morgan fingerprint density at radius 1 is 1.24 bits per heavy atom. The summed E-state index contributed by atoms with van der Waals surface area (Å²) in [4.78, 5) is 4.00. The van der Waals surface area contributed by atoms with Gasteiger partial charge in [-0.15, -0.1) is 0 Å². The lowest BCUT2D eigenvalue weighted by atomic mass is 10.2. The van der Waals surface area contributed by atoms with Crippen molar-refractivity contribution in [1.29, 1.82) is 0 Å². The van der Waals surface area contributed by atoms with E-state index in [1.54, 1.807) is 22.9 Å². The van der Waals surface area contributed by atoms with Crippen LogP contribution in [0.4, 0.5) is 5.69 Å². The highest BCUT2D eigenvalue weighted by Crippen LogP contribution is 2.17. The van der Waals surface area contributed by atoms with Gasteiger partial charge in [0.15, 0.2) is 5.03 Å². The Morgan fingerprint density at radius 3 is 2.43 bits per heavy atom. The number of rotatable bonds is 6. The van der Waals surface area contributed by atoms with Crippen LogP contribution in [0, 0.1) is 0 Å². The number of nitrogen functional groups attached to an aromatic ring is 1. The minimum absolute atomic E-state index is 0.0849. The van der Waals surface area contributed by atoms with Gasteiger partial charge < -0.3 is 10.3 Å². The number of sulfonamides is 1. The van der Waals surface area contributed by atoms with Gasteiger partial charge >= 0.3 is 0 Å². The van der Waals surface area contributed by atoms with Gasteiger partial charge in [0.25, 0.3) is 10.0 Å². The first kappa shape index (κ1) is 15.5. The molecule has 21 heavy (non-hydrogen) atoms. The summed E-state index contributed by atoms with van der Waals surface area (Å²) in [5, 5.41) is 0.0849. The molecule has 0 aliphatic carbocycles. The largest absolute Gasteiger partial charge is 0.399 e. The van der Waals surface area contributed by atoms with Gasteiger partial charge in [-0.25, -0.2) is 13.4 Å². The van der Waals surface area contributed by atoms with Crippen molar-refractivity contribution in [3.05, 3.63) is 42.4 Å².